The summed E-state index contributed by atoms with van der Waals surface area (Å²) in [5, 5.41) is 23.6. The first-order chi connectivity index (χ1) is 14.9. The summed E-state index contributed by atoms with van der Waals surface area (Å²) in [4.78, 5) is 14.3. The molecule has 3 aliphatic carbocycles. The lowest BCUT2D eigenvalue weighted by Gasteiger charge is -2.60. The van der Waals surface area contributed by atoms with Crippen molar-refractivity contribution in [2.45, 2.75) is 75.1 Å². The predicted molar refractivity (Wildman–Crippen MR) is 114 cm³/mol. The summed E-state index contributed by atoms with van der Waals surface area (Å²) in [6.45, 7) is 3.92. The lowest BCUT2D eigenvalue weighted by molar-refractivity contribution is -0.140. The lowest BCUT2D eigenvalue weighted by atomic mass is 9.51. The molecule has 2 bridgehead atoms. The molecule has 31 heavy (non-hydrogen) atoms. The number of aliphatic carboxylic acids is 1. The first kappa shape index (κ1) is 19.7. The van der Waals surface area contributed by atoms with Crippen LogP contribution >= 0.6 is 0 Å². The number of benzene rings is 1. The number of phenols is 1. The van der Waals surface area contributed by atoms with E-state index in [0.717, 1.165) is 49.5 Å². The van der Waals surface area contributed by atoms with Gasteiger partial charge in [-0.3, -0.25) is 15.0 Å². The molecule has 7 nitrogen and oxygen atoms in total. The van der Waals surface area contributed by atoms with Crippen LogP contribution in [0.25, 0.3) is 0 Å². The minimum atomic E-state index is -0.846. The van der Waals surface area contributed by atoms with E-state index >= 15 is 0 Å². The summed E-state index contributed by atoms with van der Waals surface area (Å²) >= 11 is 0. The molecule has 1 saturated heterocycles. The van der Waals surface area contributed by atoms with Crippen molar-refractivity contribution in [2.24, 2.45) is 11.8 Å². The third kappa shape index (κ3) is 2.68. The van der Waals surface area contributed by atoms with E-state index < -0.39 is 12.0 Å². The largest absolute Gasteiger partial charge is 0.504 e. The van der Waals surface area contributed by atoms with Crippen LogP contribution in [0.2, 0.25) is 0 Å². The zero-order valence-electron chi connectivity index (χ0n) is 18.3. The maximum absolute atomic E-state index is 11.5. The Morgan fingerprint density at radius 3 is 2.90 bits per heavy atom. The van der Waals surface area contributed by atoms with Crippen molar-refractivity contribution >= 4 is 5.97 Å². The third-order valence-corrected chi connectivity index (χ3v) is 8.76. The van der Waals surface area contributed by atoms with Gasteiger partial charge in [0.15, 0.2) is 11.5 Å². The molecule has 7 heteroatoms. The van der Waals surface area contributed by atoms with Crippen LogP contribution < -0.4 is 14.8 Å². The number of carbonyl (C=O) groups is 1. The Labute approximate surface area is 182 Å². The molecule has 0 radical (unpaired) electrons. The fourth-order valence-corrected chi connectivity index (χ4v) is 7.28. The fraction of sp³-hybridized carbons (Fsp3) is 0.708. The van der Waals surface area contributed by atoms with Crippen molar-refractivity contribution in [3.05, 3.63) is 17.2 Å². The number of nitrogens with zero attached hydrogens (tertiary/aromatic N) is 1. The van der Waals surface area contributed by atoms with E-state index in [2.05, 4.69) is 10.2 Å². The molecular formula is C24H32N2O5. The summed E-state index contributed by atoms with van der Waals surface area (Å²) in [6, 6.07) is 1.46. The SMILES string of the molecule is COc1cc(O)c2c3c1C[C@@H]1[C@@H]4CC[C@H](N[C@@H](C)C(=O)O)[C@H](O2)[C@]34CCN1CC1CC1. The monoisotopic (exact) mass is 428 g/mol. The van der Waals surface area contributed by atoms with Gasteiger partial charge in [0.1, 0.15) is 17.9 Å². The molecular weight excluding hydrogens is 396 g/mol. The summed E-state index contributed by atoms with van der Waals surface area (Å²) in [6.07, 6.45) is 6.40. The van der Waals surface area contributed by atoms with Crippen molar-refractivity contribution in [3.8, 4) is 17.2 Å². The van der Waals surface area contributed by atoms with E-state index in [0.29, 0.717) is 17.7 Å². The Kier molecular flexibility index (Phi) is 4.29. The first-order valence-electron chi connectivity index (χ1n) is 11.8. The van der Waals surface area contributed by atoms with Gasteiger partial charge in [-0.2, -0.15) is 0 Å². The van der Waals surface area contributed by atoms with Crippen LogP contribution in [-0.4, -0.2) is 65.5 Å². The number of hydrogen-bond donors (Lipinski definition) is 3. The highest BCUT2D eigenvalue weighted by molar-refractivity contribution is 5.73. The van der Waals surface area contributed by atoms with E-state index in [1.165, 1.54) is 24.9 Å². The van der Waals surface area contributed by atoms with Crippen LogP contribution in [0.3, 0.4) is 0 Å². The van der Waals surface area contributed by atoms with E-state index in [1.807, 2.05) is 0 Å². The Morgan fingerprint density at radius 2 is 2.19 bits per heavy atom. The average Bonchev–Trinajstić information content (AvgIpc) is 3.49. The number of rotatable bonds is 6. The molecule has 6 atom stereocenters. The minimum Gasteiger partial charge on any atom is -0.504 e. The highest BCUT2D eigenvalue weighted by Crippen LogP contribution is 2.65. The number of ether oxygens (including phenoxy) is 2. The fourth-order valence-electron chi connectivity index (χ4n) is 7.28. The van der Waals surface area contributed by atoms with E-state index in [-0.39, 0.29) is 23.3 Å². The zero-order valence-corrected chi connectivity index (χ0v) is 18.3. The maximum Gasteiger partial charge on any atom is 0.320 e. The normalized spacial score (nSPS) is 36.5. The zero-order chi connectivity index (χ0) is 21.5. The molecule has 5 aliphatic rings. The van der Waals surface area contributed by atoms with Gasteiger partial charge in [-0.15, -0.1) is 0 Å². The number of likely N-dealkylation sites (tertiary alicyclic amines) is 1. The Bertz CT molecular complexity index is 931. The molecule has 2 aliphatic heterocycles. The topological polar surface area (TPSA) is 91.3 Å². The molecule has 3 fully saturated rings. The minimum absolute atomic E-state index is 0.0540. The molecule has 168 valence electrons. The molecule has 1 spiro atoms. The van der Waals surface area contributed by atoms with E-state index in [9.17, 15) is 15.0 Å². The molecule has 3 N–H and O–H groups in total. The number of carboxylic acid groups (broad SMARTS) is 1. The van der Waals surface area contributed by atoms with Crippen molar-refractivity contribution < 1.29 is 24.5 Å². The van der Waals surface area contributed by atoms with Gasteiger partial charge in [-0.25, -0.2) is 0 Å². The van der Waals surface area contributed by atoms with Crippen molar-refractivity contribution in [1.29, 1.82) is 0 Å². The first-order valence-corrected chi connectivity index (χ1v) is 11.8. The Morgan fingerprint density at radius 1 is 1.39 bits per heavy atom. The van der Waals surface area contributed by atoms with Crippen molar-refractivity contribution in [2.75, 3.05) is 20.2 Å². The Balaban J connectivity index is 1.46. The molecule has 0 amide bonds. The van der Waals surface area contributed by atoms with Crippen LogP contribution in [0.5, 0.6) is 17.2 Å². The number of methoxy groups -OCH3 is 1. The second-order valence-electron chi connectivity index (χ2n) is 10.3. The Hall–Kier alpha value is -1.99. The van der Waals surface area contributed by atoms with Gasteiger partial charge in [-0.1, -0.05) is 0 Å². The van der Waals surface area contributed by atoms with Crippen LogP contribution in [0.1, 0.15) is 50.2 Å². The molecule has 2 saturated carbocycles. The van der Waals surface area contributed by atoms with Gasteiger partial charge in [0.05, 0.1) is 7.11 Å². The number of piperidine rings is 1. The number of phenolic OH excluding ortho intramolecular Hbond substituents is 1. The number of hydrogen-bond acceptors (Lipinski definition) is 6. The number of carboxylic acids is 1. The third-order valence-electron chi connectivity index (χ3n) is 8.76. The van der Waals surface area contributed by atoms with Crippen molar-refractivity contribution in [1.82, 2.24) is 10.2 Å². The van der Waals surface area contributed by atoms with Gasteiger partial charge >= 0.3 is 5.97 Å². The maximum atomic E-state index is 11.5. The van der Waals surface area contributed by atoms with E-state index in [1.54, 1.807) is 20.1 Å². The highest BCUT2D eigenvalue weighted by atomic mass is 16.5. The molecule has 1 aromatic rings. The highest BCUT2D eigenvalue weighted by Gasteiger charge is 2.66. The van der Waals surface area contributed by atoms with Crippen LogP contribution in [0.15, 0.2) is 6.07 Å². The smallest absolute Gasteiger partial charge is 0.320 e. The average molecular weight is 429 g/mol. The van der Waals surface area contributed by atoms with Gasteiger partial charge in [0.25, 0.3) is 0 Å². The molecule has 2 heterocycles. The van der Waals surface area contributed by atoms with Crippen molar-refractivity contribution in [3.63, 3.8) is 0 Å². The summed E-state index contributed by atoms with van der Waals surface area (Å²) < 4.78 is 12.3. The molecule has 0 unspecified atom stereocenters. The lowest BCUT2D eigenvalue weighted by Crippen LogP contribution is -2.69. The van der Waals surface area contributed by atoms with Gasteiger partial charge in [0, 0.05) is 41.2 Å². The molecule has 6 rings (SSSR count). The van der Waals surface area contributed by atoms with Crippen LogP contribution in [0, 0.1) is 11.8 Å². The standard InChI is InChI=1S/C24H32N2O5/c1-12(23(28)29)25-16-6-5-15-17-9-14-19(30-2)10-18(27)21-20(14)24(15,22(16)31-21)7-8-26(17)11-13-3-4-13/h10,12-13,15-17,22,25,27H,3-9,11H2,1-2H3,(H,28,29)/t12-,15-,16-,17+,22-,24-/m0/s1. The van der Waals surface area contributed by atoms with E-state index in [4.69, 9.17) is 9.47 Å². The number of nitrogens with one attached hydrogen (secondary N) is 1. The number of aromatic hydroxyl groups is 1. The quantitative estimate of drug-likeness (QED) is 0.640. The van der Waals surface area contributed by atoms with Crippen LogP contribution in [-0.2, 0) is 16.6 Å². The van der Waals surface area contributed by atoms with Gasteiger partial charge in [0.2, 0.25) is 0 Å². The molecule has 1 aromatic carbocycles. The predicted octanol–water partition coefficient (Wildman–Crippen LogP) is 2.28. The summed E-state index contributed by atoms with van der Waals surface area (Å²) in [7, 11) is 1.67. The van der Waals surface area contributed by atoms with Gasteiger partial charge < -0.3 is 19.7 Å². The van der Waals surface area contributed by atoms with Crippen LogP contribution in [0.4, 0.5) is 0 Å². The second-order valence-corrected chi connectivity index (χ2v) is 10.3. The van der Waals surface area contributed by atoms with Gasteiger partial charge in [-0.05, 0) is 63.8 Å². The molecule has 0 aromatic heterocycles. The second kappa shape index (κ2) is 6.75. The summed E-state index contributed by atoms with van der Waals surface area (Å²) in [5.41, 5.74) is 2.15. The summed E-state index contributed by atoms with van der Waals surface area (Å²) in [5.74, 6) is 1.96.